The summed E-state index contributed by atoms with van der Waals surface area (Å²) in [5.74, 6) is 0.694. The summed E-state index contributed by atoms with van der Waals surface area (Å²) in [6.45, 7) is 1.41. The quantitative estimate of drug-likeness (QED) is 0.371. The summed E-state index contributed by atoms with van der Waals surface area (Å²) in [6.07, 6.45) is 2.87. The normalized spacial score (nSPS) is 16.8. The highest BCUT2D eigenvalue weighted by molar-refractivity contribution is 5.85. The average Bonchev–Trinajstić information content (AvgIpc) is 3.14. The minimum atomic E-state index is -2.86. The second-order valence-electron chi connectivity index (χ2n) is 7.16. The molecule has 162 valence electrons. The first kappa shape index (κ1) is 22.7. The maximum absolute atomic E-state index is 12.7. The van der Waals surface area contributed by atoms with E-state index in [0.29, 0.717) is 24.7 Å². The number of carbonyl (C=O) groups excluding carboxylic acids is 1. The third kappa shape index (κ3) is 7.40. The molecular weight excluding hydrogens is 380 g/mol. The minimum Gasteiger partial charge on any atom is -0.433 e. The van der Waals surface area contributed by atoms with Gasteiger partial charge in [0.25, 0.3) is 0 Å². The highest BCUT2D eigenvalue weighted by Crippen LogP contribution is 2.31. The van der Waals surface area contributed by atoms with Crippen molar-refractivity contribution in [1.82, 2.24) is 15.5 Å². The van der Waals surface area contributed by atoms with Crippen molar-refractivity contribution >= 4 is 17.6 Å². The number of carbonyl (C=O) groups is 1. The molecule has 0 radical (unpaired) electrons. The van der Waals surface area contributed by atoms with Gasteiger partial charge in [0, 0.05) is 39.8 Å². The molecule has 1 atom stereocenters. The fraction of sp³-hybridized carbons (Fsp3) is 0.600. The number of ether oxygens (including phenoxy) is 1. The number of likely N-dealkylation sites (N-methyl/N-ethyl adjacent to an activating group) is 1. The van der Waals surface area contributed by atoms with Crippen molar-refractivity contribution in [3.8, 4) is 5.75 Å². The zero-order valence-electron chi connectivity index (χ0n) is 17.3. The second-order valence-corrected chi connectivity index (χ2v) is 7.16. The Hall–Kier alpha value is -2.58. The van der Waals surface area contributed by atoms with Crippen LogP contribution in [0.3, 0.4) is 0 Å². The summed E-state index contributed by atoms with van der Waals surface area (Å²) in [5, 5.41) is 6.63. The van der Waals surface area contributed by atoms with Crippen molar-refractivity contribution in [1.29, 1.82) is 0 Å². The van der Waals surface area contributed by atoms with E-state index in [0.717, 1.165) is 25.8 Å². The van der Waals surface area contributed by atoms with Crippen molar-refractivity contribution < 1.29 is 18.3 Å². The van der Waals surface area contributed by atoms with Crippen LogP contribution in [0.5, 0.6) is 5.75 Å². The number of halogens is 2. The molecule has 1 unspecified atom stereocenters. The van der Waals surface area contributed by atoms with Gasteiger partial charge in [0.1, 0.15) is 12.3 Å². The van der Waals surface area contributed by atoms with E-state index >= 15 is 0 Å². The predicted molar refractivity (Wildman–Crippen MR) is 111 cm³/mol. The second kappa shape index (κ2) is 11.4. The van der Waals surface area contributed by atoms with Gasteiger partial charge in [0.2, 0.25) is 5.91 Å². The van der Waals surface area contributed by atoms with Crippen LogP contribution in [0.1, 0.15) is 26.2 Å². The Bertz CT molecular complexity index is 685. The summed E-state index contributed by atoms with van der Waals surface area (Å²) < 4.78 is 30.0. The number of benzene rings is 1. The molecule has 1 aliphatic heterocycles. The molecule has 7 nitrogen and oxygen atoms in total. The first-order valence-corrected chi connectivity index (χ1v) is 9.94. The molecule has 2 N–H and O–H groups in total. The number of hydrogen-bond acceptors (Lipinski definition) is 4. The zero-order valence-corrected chi connectivity index (χ0v) is 17.3. The van der Waals surface area contributed by atoms with E-state index in [1.807, 2.05) is 4.90 Å². The number of aliphatic imine (C=N–C) groups is 1. The van der Waals surface area contributed by atoms with Crippen molar-refractivity contribution in [3.63, 3.8) is 0 Å². The molecular formula is C20H31F2N5O2. The van der Waals surface area contributed by atoms with Crippen LogP contribution in [0.2, 0.25) is 0 Å². The first-order valence-electron chi connectivity index (χ1n) is 9.94. The van der Waals surface area contributed by atoms with E-state index in [2.05, 4.69) is 27.3 Å². The number of alkyl halides is 2. The Labute approximate surface area is 171 Å². The van der Waals surface area contributed by atoms with Crippen LogP contribution >= 0.6 is 0 Å². The number of hydrogen-bond donors (Lipinski definition) is 2. The topological polar surface area (TPSA) is 69.2 Å². The maximum Gasteiger partial charge on any atom is 0.387 e. The molecule has 2 rings (SSSR count). The number of para-hydroxylation sites is 2. The van der Waals surface area contributed by atoms with E-state index in [4.69, 9.17) is 0 Å². The van der Waals surface area contributed by atoms with E-state index in [-0.39, 0.29) is 24.2 Å². The Kier molecular flexibility index (Phi) is 8.95. The molecule has 9 heteroatoms. The van der Waals surface area contributed by atoms with Gasteiger partial charge in [-0.25, -0.2) is 4.99 Å². The zero-order chi connectivity index (χ0) is 21.2. The molecule has 0 spiro atoms. The molecule has 1 saturated heterocycles. The molecule has 29 heavy (non-hydrogen) atoms. The average molecular weight is 411 g/mol. The molecule has 1 heterocycles. The lowest BCUT2D eigenvalue weighted by atomic mass is 10.2. The number of amides is 1. The van der Waals surface area contributed by atoms with Crippen LogP contribution in [0.15, 0.2) is 29.3 Å². The van der Waals surface area contributed by atoms with Crippen LogP contribution in [-0.2, 0) is 4.79 Å². The van der Waals surface area contributed by atoms with Gasteiger partial charge < -0.3 is 25.2 Å². The van der Waals surface area contributed by atoms with Crippen molar-refractivity contribution in [3.05, 3.63) is 24.3 Å². The van der Waals surface area contributed by atoms with Gasteiger partial charge >= 0.3 is 6.61 Å². The van der Waals surface area contributed by atoms with Gasteiger partial charge in [-0.1, -0.05) is 25.5 Å². The lowest BCUT2D eigenvalue weighted by Crippen LogP contribution is -2.45. The van der Waals surface area contributed by atoms with Crippen LogP contribution in [0, 0.1) is 0 Å². The van der Waals surface area contributed by atoms with E-state index in [1.54, 1.807) is 38.4 Å². The minimum absolute atomic E-state index is 0.0654. The lowest BCUT2D eigenvalue weighted by Gasteiger charge is -2.22. The number of unbranched alkanes of at least 4 members (excludes halogenated alkanes) is 1. The monoisotopic (exact) mass is 411 g/mol. The number of rotatable bonds is 9. The molecule has 0 aromatic heterocycles. The van der Waals surface area contributed by atoms with Gasteiger partial charge in [0.15, 0.2) is 5.96 Å². The van der Waals surface area contributed by atoms with Crippen molar-refractivity contribution in [2.24, 2.45) is 4.99 Å². The van der Waals surface area contributed by atoms with Crippen LogP contribution in [0.25, 0.3) is 0 Å². The van der Waals surface area contributed by atoms with Crippen molar-refractivity contribution in [2.45, 2.75) is 38.8 Å². The van der Waals surface area contributed by atoms with E-state index in [1.165, 1.54) is 4.90 Å². The highest BCUT2D eigenvalue weighted by Gasteiger charge is 2.26. The van der Waals surface area contributed by atoms with Gasteiger partial charge in [-0.15, -0.1) is 0 Å². The van der Waals surface area contributed by atoms with Gasteiger partial charge in [-0.3, -0.25) is 4.79 Å². The van der Waals surface area contributed by atoms with E-state index in [9.17, 15) is 13.6 Å². The van der Waals surface area contributed by atoms with Gasteiger partial charge in [-0.2, -0.15) is 8.78 Å². The molecule has 0 saturated carbocycles. The third-order valence-corrected chi connectivity index (χ3v) is 4.65. The summed E-state index contributed by atoms with van der Waals surface area (Å²) in [6, 6.07) is 6.90. The van der Waals surface area contributed by atoms with Gasteiger partial charge in [0.05, 0.1) is 5.69 Å². The summed E-state index contributed by atoms with van der Waals surface area (Å²) >= 11 is 0. The van der Waals surface area contributed by atoms with Crippen LogP contribution < -0.4 is 20.3 Å². The Morgan fingerprint density at radius 3 is 2.83 bits per heavy atom. The Balaban J connectivity index is 2.01. The molecule has 1 aromatic carbocycles. The first-order chi connectivity index (χ1) is 13.9. The summed E-state index contributed by atoms with van der Waals surface area (Å²) in [7, 11) is 3.40. The molecule has 1 fully saturated rings. The number of guanidine groups is 1. The third-order valence-electron chi connectivity index (χ3n) is 4.65. The van der Waals surface area contributed by atoms with E-state index < -0.39 is 6.61 Å². The number of nitrogens with zero attached hydrogens (tertiary/aromatic N) is 3. The van der Waals surface area contributed by atoms with Crippen LogP contribution in [0.4, 0.5) is 14.5 Å². The number of anilines is 1. The Morgan fingerprint density at radius 2 is 2.14 bits per heavy atom. The van der Waals surface area contributed by atoms with Crippen LogP contribution in [-0.4, -0.2) is 69.7 Å². The maximum atomic E-state index is 12.7. The number of nitrogens with one attached hydrogen (secondary N) is 2. The standard InChI is InChI=1S/C20H31F2N5O2/c1-4-5-11-23-20(24-13-18(28)26(2)3)25-15-10-12-27(14-15)16-8-6-7-9-17(16)29-19(21)22/h6-9,15,19H,4-5,10-14H2,1-3H3,(H2,23,24,25). The predicted octanol–water partition coefficient (Wildman–Crippen LogP) is 2.29. The highest BCUT2D eigenvalue weighted by atomic mass is 19.3. The molecule has 0 aliphatic carbocycles. The Morgan fingerprint density at radius 1 is 1.38 bits per heavy atom. The van der Waals surface area contributed by atoms with Crippen molar-refractivity contribution in [2.75, 3.05) is 45.2 Å². The molecule has 0 bridgehead atoms. The largest absolute Gasteiger partial charge is 0.433 e. The summed E-state index contributed by atoms with van der Waals surface area (Å²) in [5.41, 5.74) is 0.650. The lowest BCUT2D eigenvalue weighted by molar-refractivity contribution is -0.127. The summed E-state index contributed by atoms with van der Waals surface area (Å²) in [4.78, 5) is 19.8. The fourth-order valence-electron chi connectivity index (χ4n) is 3.03. The molecule has 1 aromatic rings. The SMILES string of the molecule is CCCCNC(=NCC(=O)N(C)C)NC1CCN(c2ccccc2OC(F)F)C1. The smallest absolute Gasteiger partial charge is 0.387 e. The molecule has 1 aliphatic rings. The van der Waals surface area contributed by atoms with Gasteiger partial charge in [-0.05, 0) is 25.0 Å². The fourth-order valence-corrected chi connectivity index (χ4v) is 3.03. The molecule has 1 amide bonds.